The Morgan fingerprint density at radius 3 is 2.23 bits per heavy atom. The summed E-state index contributed by atoms with van der Waals surface area (Å²) in [6.07, 6.45) is 21.5. The van der Waals surface area contributed by atoms with Crippen molar-refractivity contribution < 1.29 is 19.4 Å². The number of aliphatic carboxylic acids is 1. The molecule has 0 aromatic carbocycles. The molecule has 30 heavy (non-hydrogen) atoms. The highest BCUT2D eigenvalue weighted by atomic mass is 32.2. The van der Waals surface area contributed by atoms with Gasteiger partial charge in [0.15, 0.2) is 0 Å². The molecule has 0 amide bonds. The first kappa shape index (κ1) is 25.3. The molecule has 1 aliphatic carbocycles. The number of carboxylic acids is 1. The van der Waals surface area contributed by atoms with Crippen LogP contribution in [0.5, 0.6) is 0 Å². The van der Waals surface area contributed by atoms with Crippen molar-refractivity contribution >= 4 is 23.7 Å². The van der Waals surface area contributed by atoms with Gasteiger partial charge in [0.2, 0.25) is 0 Å². The van der Waals surface area contributed by atoms with Gasteiger partial charge in [0, 0.05) is 6.42 Å². The molecule has 172 valence electrons. The first-order valence-electron chi connectivity index (χ1n) is 12.3. The third-order valence-corrected chi connectivity index (χ3v) is 7.86. The number of fused-ring (bicyclic) bond motifs is 1. The van der Waals surface area contributed by atoms with Gasteiger partial charge in [0.05, 0.1) is 11.0 Å². The topological polar surface area (TPSA) is 63.6 Å². The summed E-state index contributed by atoms with van der Waals surface area (Å²) in [7, 11) is 0. The second kappa shape index (κ2) is 14.9. The Kier molecular flexibility index (Phi) is 12.6. The van der Waals surface area contributed by atoms with Crippen molar-refractivity contribution in [3.63, 3.8) is 0 Å². The molecule has 0 unspecified atom stereocenters. The normalized spacial score (nSPS) is 25.2. The number of carboxylic acid groups (broad SMARTS) is 1. The van der Waals surface area contributed by atoms with E-state index >= 15 is 0 Å². The molecule has 0 spiro atoms. The summed E-state index contributed by atoms with van der Waals surface area (Å²) >= 11 is 1.44. The maximum absolute atomic E-state index is 11.8. The van der Waals surface area contributed by atoms with Gasteiger partial charge in [0.25, 0.3) is 0 Å². The molecule has 0 bridgehead atoms. The fourth-order valence-electron chi connectivity index (χ4n) is 4.77. The van der Waals surface area contributed by atoms with Crippen LogP contribution in [0, 0.1) is 5.92 Å². The van der Waals surface area contributed by atoms with Gasteiger partial charge in [-0.25, -0.2) is 0 Å². The molecule has 0 aromatic rings. The summed E-state index contributed by atoms with van der Waals surface area (Å²) in [4.78, 5) is 22.9. The molecule has 2 rings (SSSR count). The van der Waals surface area contributed by atoms with Crippen LogP contribution in [-0.4, -0.2) is 34.2 Å². The maximum Gasteiger partial charge on any atom is 0.313 e. The standard InChI is InChI=1S/C25H42O4S/c1-2-3-4-5-6-7-8-9-10-11-12-13-14-21-16-15-20-17-18-23(28)29-24(20)25(21)30-19-22(26)27/h14,20,24-25H,2-13,15-19H2,1H3,(H,26,27)/b21-14-/t20-,24+,25+/m1/s1. The number of rotatable bonds is 15. The lowest BCUT2D eigenvalue weighted by Gasteiger charge is -2.41. The van der Waals surface area contributed by atoms with Gasteiger partial charge < -0.3 is 9.84 Å². The third-order valence-electron chi connectivity index (χ3n) is 6.52. The van der Waals surface area contributed by atoms with Gasteiger partial charge >= 0.3 is 11.9 Å². The van der Waals surface area contributed by atoms with Crippen molar-refractivity contribution in [2.45, 2.75) is 121 Å². The largest absolute Gasteiger partial charge is 0.481 e. The van der Waals surface area contributed by atoms with E-state index < -0.39 is 5.97 Å². The summed E-state index contributed by atoms with van der Waals surface area (Å²) in [5.41, 5.74) is 1.31. The molecule has 3 atom stereocenters. The highest BCUT2D eigenvalue weighted by Crippen LogP contribution is 2.42. The summed E-state index contributed by atoms with van der Waals surface area (Å²) in [5.74, 6) is -0.452. The van der Waals surface area contributed by atoms with Crippen LogP contribution in [0.4, 0.5) is 0 Å². The lowest BCUT2D eigenvalue weighted by molar-refractivity contribution is -0.158. The fourth-order valence-corrected chi connectivity index (χ4v) is 5.99. The number of thioether (sulfide) groups is 1. The number of esters is 1. The van der Waals surface area contributed by atoms with E-state index in [1.54, 1.807) is 0 Å². The molecule has 1 N–H and O–H groups in total. The van der Waals surface area contributed by atoms with Gasteiger partial charge in [-0.2, -0.15) is 0 Å². The van der Waals surface area contributed by atoms with E-state index in [1.165, 1.54) is 88.0 Å². The molecule has 1 aliphatic heterocycles. The van der Waals surface area contributed by atoms with Crippen LogP contribution in [0.15, 0.2) is 11.6 Å². The SMILES string of the molecule is CCCCCCCCCCCCC/C=C1/CC[C@@H]2CCC(=O)O[C@@H]2[C@H]1SCC(=O)O. The molecule has 1 heterocycles. The Balaban J connectivity index is 1.67. The molecular formula is C25H42O4S. The van der Waals surface area contributed by atoms with Crippen LogP contribution >= 0.6 is 11.8 Å². The summed E-state index contributed by atoms with van der Waals surface area (Å²) in [5, 5.41) is 9.14. The molecule has 4 nitrogen and oxygen atoms in total. The van der Waals surface area contributed by atoms with E-state index in [1.807, 2.05) is 0 Å². The van der Waals surface area contributed by atoms with Gasteiger partial charge in [0.1, 0.15) is 6.10 Å². The second-order valence-electron chi connectivity index (χ2n) is 9.02. The number of carbonyl (C=O) groups is 2. The minimum atomic E-state index is -0.797. The molecule has 0 radical (unpaired) electrons. The van der Waals surface area contributed by atoms with Crippen LogP contribution in [0.1, 0.15) is 110 Å². The summed E-state index contributed by atoms with van der Waals surface area (Å²) in [6, 6.07) is 0. The summed E-state index contributed by atoms with van der Waals surface area (Å²) < 4.78 is 5.69. The first-order valence-corrected chi connectivity index (χ1v) is 13.4. The third kappa shape index (κ3) is 9.45. The highest BCUT2D eigenvalue weighted by Gasteiger charge is 2.41. The first-order chi connectivity index (χ1) is 14.6. The van der Waals surface area contributed by atoms with Crippen LogP contribution in [0.2, 0.25) is 0 Å². The van der Waals surface area contributed by atoms with E-state index in [9.17, 15) is 9.59 Å². The van der Waals surface area contributed by atoms with E-state index in [4.69, 9.17) is 9.84 Å². The number of ether oxygens (including phenoxy) is 1. The van der Waals surface area contributed by atoms with Crippen molar-refractivity contribution in [1.82, 2.24) is 0 Å². The predicted octanol–water partition coefficient (Wildman–Crippen LogP) is 6.92. The Morgan fingerprint density at radius 2 is 1.60 bits per heavy atom. The number of hydrogen-bond acceptors (Lipinski definition) is 4. The fraction of sp³-hybridized carbons (Fsp3) is 0.840. The lowest BCUT2D eigenvalue weighted by atomic mass is 9.78. The zero-order valence-corrected chi connectivity index (χ0v) is 19.7. The van der Waals surface area contributed by atoms with Crippen LogP contribution in [-0.2, 0) is 14.3 Å². The number of carbonyl (C=O) groups excluding carboxylic acids is 1. The predicted molar refractivity (Wildman–Crippen MR) is 125 cm³/mol. The van der Waals surface area contributed by atoms with Gasteiger partial charge in [-0.3, -0.25) is 9.59 Å². The molecule has 2 fully saturated rings. The van der Waals surface area contributed by atoms with E-state index in [0.29, 0.717) is 12.3 Å². The van der Waals surface area contributed by atoms with Crippen LogP contribution in [0.3, 0.4) is 0 Å². The van der Waals surface area contributed by atoms with Crippen molar-refractivity contribution in [3.05, 3.63) is 11.6 Å². The molecular weight excluding hydrogens is 396 g/mol. The van der Waals surface area contributed by atoms with Crippen molar-refractivity contribution in [1.29, 1.82) is 0 Å². The smallest absolute Gasteiger partial charge is 0.313 e. The molecule has 1 saturated carbocycles. The second-order valence-corrected chi connectivity index (χ2v) is 10.2. The number of unbranched alkanes of at least 4 members (excludes halogenated alkanes) is 11. The molecule has 2 aliphatic rings. The Labute approximate surface area is 187 Å². The van der Waals surface area contributed by atoms with Gasteiger partial charge in [-0.15, -0.1) is 11.8 Å². The lowest BCUT2D eigenvalue weighted by Crippen LogP contribution is -2.44. The quantitative estimate of drug-likeness (QED) is 0.171. The van der Waals surface area contributed by atoms with Crippen molar-refractivity contribution in [2.75, 3.05) is 5.75 Å². The van der Waals surface area contributed by atoms with Crippen LogP contribution in [0.25, 0.3) is 0 Å². The number of hydrogen-bond donors (Lipinski definition) is 1. The zero-order valence-electron chi connectivity index (χ0n) is 18.9. The zero-order chi connectivity index (χ0) is 21.6. The highest BCUT2D eigenvalue weighted by molar-refractivity contribution is 8.00. The average molecular weight is 439 g/mol. The minimum absolute atomic E-state index is 0.0248. The van der Waals surface area contributed by atoms with E-state index in [0.717, 1.165) is 25.7 Å². The van der Waals surface area contributed by atoms with Crippen LogP contribution < -0.4 is 0 Å². The Morgan fingerprint density at radius 1 is 1.00 bits per heavy atom. The summed E-state index contributed by atoms with van der Waals surface area (Å²) in [6.45, 7) is 2.26. The van der Waals surface area contributed by atoms with Gasteiger partial charge in [-0.05, 0) is 38.0 Å². The Bertz CT molecular complexity index is 545. The van der Waals surface area contributed by atoms with E-state index in [2.05, 4.69) is 13.0 Å². The molecule has 1 saturated heterocycles. The van der Waals surface area contributed by atoms with E-state index in [-0.39, 0.29) is 23.1 Å². The van der Waals surface area contributed by atoms with Crippen molar-refractivity contribution in [3.8, 4) is 0 Å². The minimum Gasteiger partial charge on any atom is -0.481 e. The van der Waals surface area contributed by atoms with Crippen molar-refractivity contribution in [2.24, 2.45) is 5.92 Å². The van der Waals surface area contributed by atoms with Gasteiger partial charge in [-0.1, -0.05) is 82.8 Å². The number of allylic oxidation sites excluding steroid dienone is 1. The molecule has 5 heteroatoms. The average Bonchev–Trinajstić information content (AvgIpc) is 2.73. The maximum atomic E-state index is 11.8. The monoisotopic (exact) mass is 438 g/mol. The molecule has 0 aromatic heterocycles. The Hall–Kier alpha value is -0.970.